The minimum atomic E-state index is -0.406. The Kier molecular flexibility index (Phi) is 5.55. The molecule has 1 unspecified atom stereocenters. The smallest absolute Gasteiger partial charge is 0.408 e. The van der Waals surface area contributed by atoms with Gasteiger partial charge in [-0.1, -0.05) is 0 Å². The van der Waals surface area contributed by atoms with Crippen molar-refractivity contribution >= 4 is 46.9 Å². The van der Waals surface area contributed by atoms with Gasteiger partial charge in [-0.05, 0) is 18.2 Å². The molecule has 6 nitrogen and oxygen atoms in total. The molecule has 0 spiro atoms. The van der Waals surface area contributed by atoms with Crippen LogP contribution in [0.1, 0.15) is 6.42 Å². The largest absolute Gasteiger partial charge is 0.419 e. The van der Waals surface area contributed by atoms with Crippen LogP contribution < -0.4 is 16.4 Å². The number of hydrogen-bond acceptors (Lipinski definition) is 5. The summed E-state index contributed by atoms with van der Waals surface area (Å²) in [5.41, 5.74) is 1.86. The van der Waals surface area contributed by atoms with E-state index in [9.17, 15) is 9.59 Å². The highest BCUT2D eigenvalue weighted by Gasteiger charge is 2.17. The van der Waals surface area contributed by atoms with E-state index in [1.165, 1.54) is 4.57 Å². The zero-order valence-corrected chi connectivity index (χ0v) is 13.8. The molecule has 1 aliphatic heterocycles. The fourth-order valence-corrected chi connectivity index (χ4v) is 3.34. The van der Waals surface area contributed by atoms with Crippen molar-refractivity contribution < 1.29 is 9.21 Å². The molecule has 0 bridgehead atoms. The third kappa shape index (κ3) is 3.66. The van der Waals surface area contributed by atoms with E-state index in [0.717, 1.165) is 18.1 Å². The zero-order valence-electron chi connectivity index (χ0n) is 12.1. The number of anilines is 1. The van der Waals surface area contributed by atoms with Crippen LogP contribution in [0.4, 0.5) is 5.69 Å². The maximum Gasteiger partial charge on any atom is 0.419 e. The summed E-state index contributed by atoms with van der Waals surface area (Å²) >= 11 is 1.86. The summed E-state index contributed by atoms with van der Waals surface area (Å²) in [6.45, 7) is 0.950. The standard InChI is InChI=1S/C14H17N3O3S.ClH/c1-17-11-6-9(2-3-12(11)20-14(17)19)16-13(18)7-10-8-21-5-4-15-10;/h2-3,6,10,15H,4-5,7-8H2,1H3,(H,16,18);1H. The Morgan fingerprint density at radius 3 is 3.09 bits per heavy atom. The van der Waals surface area contributed by atoms with Crippen LogP contribution in [-0.4, -0.2) is 34.6 Å². The van der Waals surface area contributed by atoms with Gasteiger partial charge >= 0.3 is 5.76 Å². The van der Waals surface area contributed by atoms with Crippen molar-refractivity contribution in [2.75, 3.05) is 23.4 Å². The lowest BCUT2D eigenvalue weighted by Gasteiger charge is -2.22. The fraction of sp³-hybridized carbons (Fsp3) is 0.429. The summed E-state index contributed by atoms with van der Waals surface area (Å²) in [6, 6.07) is 5.42. The van der Waals surface area contributed by atoms with Gasteiger partial charge in [-0.15, -0.1) is 12.4 Å². The van der Waals surface area contributed by atoms with E-state index in [-0.39, 0.29) is 24.4 Å². The van der Waals surface area contributed by atoms with E-state index >= 15 is 0 Å². The predicted octanol–water partition coefficient (Wildman–Crippen LogP) is 1.59. The van der Waals surface area contributed by atoms with Crippen LogP contribution in [0, 0.1) is 0 Å². The van der Waals surface area contributed by atoms with Gasteiger partial charge in [0, 0.05) is 43.2 Å². The Morgan fingerprint density at radius 2 is 2.36 bits per heavy atom. The first-order chi connectivity index (χ1) is 10.1. The van der Waals surface area contributed by atoms with Gasteiger partial charge in [-0.2, -0.15) is 11.8 Å². The Labute approximate surface area is 138 Å². The predicted molar refractivity (Wildman–Crippen MR) is 91.1 cm³/mol. The zero-order chi connectivity index (χ0) is 14.8. The molecule has 1 aromatic heterocycles. The van der Waals surface area contributed by atoms with Gasteiger partial charge in [0.15, 0.2) is 5.58 Å². The normalized spacial score (nSPS) is 18.0. The van der Waals surface area contributed by atoms with Gasteiger partial charge in [-0.3, -0.25) is 9.36 Å². The molecule has 1 fully saturated rings. The molecule has 2 N–H and O–H groups in total. The number of benzene rings is 1. The molecule has 1 saturated heterocycles. The van der Waals surface area contributed by atoms with Crippen LogP contribution in [0.15, 0.2) is 27.4 Å². The first kappa shape index (κ1) is 16.9. The summed E-state index contributed by atoms with van der Waals surface area (Å²) in [7, 11) is 1.64. The van der Waals surface area contributed by atoms with Crippen LogP contribution in [0.5, 0.6) is 0 Å². The molecular formula is C14H18ClN3O3S. The second-order valence-corrected chi connectivity index (χ2v) is 6.24. The van der Waals surface area contributed by atoms with Gasteiger partial charge in [0.05, 0.1) is 5.52 Å². The molecule has 1 aromatic carbocycles. The molecular weight excluding hydrogens is 326 g/mol. The van der Waals surface area contributed by atoms with Crippen LogP contribution >= 0.6 is 24.2 Å². The number of fused-ring (bicyclic) bond motifs is 1. The number of thioether (sulfide) groups is 1. The Hall–Kier alpha value is -1.44. The van der Waals surface area contributed by atoms with Crippen molar-refractivity contribution in [1.29, 1.82) is 0 Å². The summed E-state index contributed by atoms with van der Waals surface area (Å²) < 4.78 is 6.48. The number of hydrogen-bond donors (Lipinski definition) is 2. The number of oxazole rings is 1. The molecule has 22 heavy (non-hydrogen) atoms. The van der Waals surface area contributed by atoms with E-state index in [2.05, 4.69) is 10.6 Å². The minimum absolute atomic E-state index is 0. The highest BCUT2D eigenvalue weighted by atomic mass is 35.5. The molecule has 120 valence electrons. The SMILES string of the molecule is Cl.Cn1c(=O)oc2ccc(NC(=O)CC3CSCCN3)cc21. The van der Waals surface area contributed by atoms with Crippen LogP contribution in [0.25, 0.3) is 11.1 Å². The number of carbonyl (C=O) groups excluding carboxylic acids is 1. The molecule has 0 saturated carbocycles. The monoisotopic (exact) mass is 343 g/mol. The van der Waals surface area contributed by atoms with Crippen molar-refractivity contribution in [1.82, 2.24) is 9.88 Å². The average Bonchev–Trinajstić information content (AvgIpc) is 2.75. The third-order valence-electron chi connectivity index (χ3n) is 3.51. The van der Waals surface area contributed by atoms with Crippen molar-refractivity contribution in [2.24, 2.45) is 7.05 Å². The Balaban J connectivity index is 0.00000176. The van der Waals surface area contributed by atoms with Crippen molar-refractivity contribution in [3.8, 4) is 0 Å². The topological polar surface area (TPSA) is 76.3 Å². The summed E-state index contributed by atoms with van der Waals surface area (Å²) in [5.74, 6) is 1.63. The lowest BCUT2D eigenvalue weighted by atomic mass is 10.2. The lowest BCUT2D eigenvalue weighted by Crippen LogP contribution is -2.39. The number of nitrogens with one attached hydrogen (secondary N) is 2. The molecule has 1 atom stereocenters. The number of aromatic nitrogens is 1. The first-order valence-electron chi connectivity index (χ1n) is 6.84. The number of rotatable bonds is 3. The molecule has 2 heterocycles. The lowest BCUT2D eigenvalue weighted by molar-refractivity contribution is -0.116. The van der Waals surface area contributed by atoms with Crippen molar-refractivity contribution in [3.05, 3.63) is 28.7 Å². The molecule has 3 rings (SSSR count). The second kappa shape index (κ2) is 7.21. The van der Waals surface area contributed by atoms with E-state index in [0.29, 0.717) is 23.2 Å². The molecule has 1 amide bonds. The summed E-state index contributed by atoms with van der Waals surface area (Å²) in [4.78, 5) is 23.5. The summed E-state index contributed by atoms with van der Waals surface area (Å²) in [6.07, 6.45) is 0.454. The highest BCUT2D eigenvalue weighted by Crippen LogP contribution is 2.18. The van der Waals surface area contributed by atoms with Gasteiger partial charge in [0.2, 0.25) is 5.91 Å². The van der Waals surface area contributed by atoms with Crippen molar-refractivity contribution in [2.45, 2.75) is 12.5 Å². The fourth-order valence-electron chi connectivity index (χ4n) is 2.39. The van der Waals surface area contributed by atoms with Gasteiger partial charge in [0.25, 0.3) is 0 Å². The number of halogens is 1. The maximum absolute atomic E-state index is 12.1. The van der Waals surface area contributed by atoms with E-state index in [4.69, 9.17) is 4.42 Å². The first-order valence-corrected chi connectivity index (χ1v) is 7.99. The second-order valence-electron chi connectivity index (χ2n) is 5.09. The van der Waals surface area contributed by atoms with Gasteiger partial charge in [0.1, 0.15) is 0 Å². The minimum Gasteiger partial charge on any atom is -0.408 e. The number of amides is 1. The van der Waals surface area contributed by atoms with Crippen LogP contribution in [0.3, 0.4) is 0 Å². The quantitative estimate of drug-likeness (QED) is 0.885. The summed E-state index contributed by atoms with van der Waals surface area (Å²) in [5, 5.41) is 6.21. The van der Waals surface area contributed by atoms with E-state index in [1.54, 1.807) is 25.2 Å². The number of aryl methyl sites for hydroxylation is 1. The molecule has 2 aromatic rings. The van der Waals surface area contributed by atoms with Gasteiger partial charge in [-0.25, -0.2) is 4.79 Å². The average molecular weight is 344 g/mol. The Bertz CT molecular complexity index is 722. The van der Waals surface area contributed by atoms with E-state index < -0.39 is 5.76 Å². The van der Waals surface area contributed by atoms with Crippen LogP contribution in [-0.2, 0) is 11.8 Å². The molecule has 1 aliphatic rings. The van der Waals surface area contributed by atoms with Crippen molar-refractivity contribution in [3.63, 3.8) is 0 Å². The third-order valence-corrected chi connectivity index (χ3v) is 4.64. The molecule has 0 aliphatic carbocycles. The molecule has 0 radical (unpaired) electrons. The van der Waals surface area contributed by atoms with Crippen LogP contribution in [0.2, 0.25) is 0 Å². The Morgan fingerprint density at radius 1 is 1.55 bits per heavy atom. The maximum atomic E-state index is 12.1. The highest BCUT2D eigenvalue weighted by molar-refractivity contribution is 7.99. The molecule has 8 heteroatoms. The number of carbonyl (C=O) groups is 1. The van der Waals surface area contributed by atoms with Gasteiger partial charge < -0.3 is 15.1 Å². The van der Waals surface area contributed by atoms with E-state index in [1.807, 2.05) is 11.8 Å². The number of nitrogens with zero attached hydrogens (tertiary/aromatic N) is 1.